The predicted octanol–water partition coefficient (Wildman–Crippen LogP) is -0.787. The highest BCUT2D eigenvalue weighted by Gasteiger charge is 2.16. The van der Waals surface area contributed by atoms with Crippen LogP contribution in [0, 0.1) is 0 Å². The average Bonchev–Trinajstić information content (AvgIpc) is 2.76. The summed E-state index contributed by atoms with van der Waals surface area (Å²) in [6.45, 7) is 0. The second-order valence-electron chi connectivity index (χ2n) is 4.13. The first-order valence-electron chi connectivity index (χ1n) is 5.54. The lowest BCUT2D eigenvalue weighted by atomic mass is 10.2. The van der Waals surface area contributed by atoms with Gasteiger partial charge in [0.1, 0.15) is 0 Å². The van der Waals surface area contributed by atoms with Crippen LogP contribution in [-0.4, -0.2) is 25.9 Å². The number of nitrogens with zero attached hydrogens (tertiary/aromatic N) is 2. The van der Waals surface area contributed by atoms with E-state index in [2.05, 4.69) is 10.6 Å². The summed E-state index contributed by atoms with van der Waals surface area (Å²) in [7, 11) is -3.58. The molecule has 0 aliphatic carbocycles. The average molecular weight is 277 g/mol. The number of rotatable bonds is 2. The molecule has 2 aliphatic rings. The fourth-order valence-electron chi connectivity index (χ4n) is 1.97. The van der Waals surface area contributed by atoms with Gasteiger partial charge in [0.25, 0.3) is 0 Å². The third-order valence-electron chi connectivity index (χ3n) is 2.70. The molecule has 1 aromatic carbocycles. The summed E-state index contributed by atoms with van der Waals surface area (Å²) in [5.41, 5.74) is 3.62. The van der Waals surface area contributed by atoms with E-state index in [1.54, 1.807) is 23.5 Å². The number of hydrazine groups is 1. The maximum Gasteiger partial charge on any atom is 0.306 e. The lowest BCUT2D eigenvalue weighted by Gasteiger charge is -2.11. The zero-order valence-electron chi connectivity index (χ0n) is 10.1. The minimum Gasteiger partial charge on any atom is -0.382 e. The molecule has 98 valence electrons. The highest BCUT2D eigenvalue weighted by atomic mass is 32.2. The van der Waals surface area contributed by atoms with Gasteiger partial charge in [0.2, 0.25) is 0 Å². The summed E-state index contributed by atoms with van der Waals surface area (Å²) < 4.78 is 27.7. The molecular weight excluding hydrogens is 266 g/mol. The molecule has 0 fully saturated rings. The Morgan fingerprint density at radius 1 is 1.26 bits per heavy atom. The topological polar surface area (TPSA) is 71.0 Å². The molecule has 0 unspecified atom stereocenters. The molecule has 0 saturated carbocycles. The van der Waals surface area contributed by atoms with Crippen LogP contribution in [0.3, 0.4) is 0 Å². The zero-order valence-corrected chi connectivity index (χ0v) is 10.9. The predicted molar refractivity (Wildman–Crippen MR) is 71.0 cm³/mol. The molecular formula is C12H11N3O3S. The van der Waals surface area contributed by atoms with E-state index in [1.165, 1.54) is 0 Å². The van der Waals surface area contributed by atoms with E-state index in [-0.39, 0.29) is 5.76 Å². The van der Waals surface area contributed by atoms with Crippen molar-refractivity contribution >= 4 is 27.8 Å². The van der Waals surface area contributed by atoms with Crippen molar-refractivity contribution in [2.24, 2.45) is 5.10 Å². The Kier molecular flexibility index (Phi) is 2.56. The van der Waals surface area contributed by atoms with Crippen molar-refractivity contribution in [3.8, 4) is 0 Å². The van der Waals surface area contributed by atoms with Crippen LogP contribution < -0.4 is 16.0 Å². The molecule has 0 radical (unpaired) electrons. The van der Waals surface area contributed by atoms with E-state index in [4.69, 9.17) is 4.18 Å². The van der Waals surface area contributed by atoms with Gasteiger partial charge in [0.15, 0.2) is 5.76 Å². The van der Waals surface area contributed by atoms with Crippen molar-refractivity contribution in [3.63, 3.8) is 0 Å². The third kappa shape index (κ3) is 2.19. The molecule has 0 aromatic heterocycles. The van der Waals surface area contributed by atoms with Gasteiger partial charge in [-0.1, -0.05) is 24.3 Å². The molecule has 1 aromatic rings. The maximum absolute atomic E-state index is 11.3. The Hall–Kier alpha value is -2.28. The summed E-state index contributed by atoms with van der Waals surface area (Å²) >= 11 is 0. The lowest BCUT2D eigenvalue weighted by molar-refractivity contribution is 0.423. The summed E-state index contributed by atoms with van der Waals surface area (Å²) in [5.74, 6) is 0.287. The van der Waals surface area contributed by atoms with Gasteiger partial charge in [0.05, 0.1) is 18.2 Å². The van der Waals surface area contributed by atoms with Gasteiger partial charge in [-0.15, -0.1) is 0 Å². The molecule has 0 amide bonds. The van der Waals surface area contributed by atoms with Crippen LogP contribution in [0.1, 0.15) is 0 Å². The Morgan fingerprint density at radius 3 is 2.74 bits per heavy atom. The van der Waals surface area contributed by atoms with Crippen molar-refractivity contribution in [3.05, 3.63) is 47.0 Å². The van der Waals surface area contributed by atoms with E-state index in [1.807, 2.05) is 24.3 Å². The van der Waals surface area contributed by atoms with E-state index < -0.39 is 10.1 Å². The van der Waals surface area contributed by atoms with Crippen LogP contribution in [0.2, 0.25) is 0 Å². The van der Waals surface area contributed by atoms with Crippen molar-refractivity contribution in [1.82, 2.24) is 10.5 Å². The lowest BCUT2D eigenvalue weighted by Crippen LogP contribution is -2.33. The van der Waals surface area contributed by atoms with E-state index in [9.17, 15) is 8.42 Å². The number of hydrogen-bond donors (Lipinski definition) is 1. The zero-order chi connectivity index (χ0) is 13.5. The Balaban J connectivity index is 2.35. The first-order chi connectivity index (χ1) is 9.04. The summed E-state index contributed by atoms with van der Waals surface area (Å²) in [4.78, 5) is 0. The van der Waals surface area contributed by atoms with Gasteiger partial charge < -0.3 is 4.18 Å². The molecule has 1 N–H and O–H groups in total. The smallest absolute Gasteiger partial charge is 0.306 e. The molecule has 19 heavy (non-hydrogen) atoms. The van der Waals surface area contributed by atoms with E-state index >= 15 is 0 Å². The number of nitrogens with one attached hydrogen (secondary N) is 1. The fourth-order valence-corrected chi connectivity index (χ4v) is 2.44. The first-order valence-corrected chi connectivity index (χ1v) is 7.35. The molecule has 0 spiro atoms. The Bertz CT molecular complexity index is 809. The molecule has 7 heteroatoms. The summed E-state index contributed by atoms with van der Waals surface area (Å²) in [5, 5.41) is 7.21. The molecule has 0 saturated heterocycles. The molecule has 6 nitrogen and oxygen atoms in total. The van der Waals surface area contributed by atoms with Gasteiger partial charge in [-0.05, 0) is 0 Å². The molecule has 0 atom stereocenters. The van der Waals surface area contributed by atoms with Crippen molar-refractivity contribution in [1.29, 1.82) is 0 Å². The first kappa shape index (κ1) is 11.8. The van der Waals surface area contributed by atoms with E-state index in [0.717, 1.165) is 17.2 Å². The van der Waals surface area contributed by atoms with Crippen LogP contribution in [0.5, 0.6) is 0 Å². The van der Waals surface area contributed by atoms with Crippen molar-refractivity contribution < 1.29 is 12.6 Å². The quantitative estimate of drug-likeness (QED) is 0.718. The van der Waals surface area contributed by atoms with Gasteiger partial charge in [-0.2, -0.15) is 13.5 Å². The normalized spacial score (nSPS) is 16.8. The van der Waals surface area contributed by atoms with Gasteiger partial charge >= 0.3 is 10.1 Å². The SMILES string of the molecule is CS(=O)(=O)OC1=c2ccccc2=C2C=NNN2C=C1. The number of fused-ring (bicyclic) bond motifs is 2. The third-order valence-corrected chi connectivity index (χ3v) is 3.18. The standard InChI is InChI=1S/C12H11N3O3S/c1-19(16,17)18-12-6-7-15-11(8-13-14-15)9-4-2-3-5-10(9)12/h2-8,14H,1H3. The van der Waals surface area contributed by atoms with Gasteiger partial charge in [-0.25, -0.2) is 10.5 Å². The Morgan fingerprint density at radius 2 is 2.00 bits per heavy atom. The van der Waals surface area contributed by atoms with Gasteiger partial charge in [0, 0.05) is 22.7 Å². The largest absolute Gasteiger partial charge is 0.382 e. The summed E-state index contributed by atoms with van der Waals surface area (Å²) in [6.07, 6.45) is 5.96. The highest BCUT2D eigenvalue weighted by molar-refractivity contribution is 7.86. The van der Waals surface area contributed by atoms with Gasteiger partial charge in [-0.3, -0.25) is 0 Å². The van der Waals surface area contributed by atoms with Crippen LogP contribution in [-0.2, 0) is 14.3 Å². The van der Waals surface area contributed by atoms with Crippen LogP contribution in [0.4, 0.5) is 0 Å². The van der Waals surface area contributed by atoms with Crippen LogP contribution in [0.25, 0.3) is 11.5 Å². The van der Waals surface area contributed by atoms with Crippen LogP contribution in [0.15, 0.2) is 41.6 Å². The molecule has 0 bridgehead atoms. The second-order valence-corrected chi connectivity index (χ2v) is 5.70. The van der Waals surface area contributed by atoms with E-state index in [0.29, 0.717) is 5.22 Å². The molecule has 3 rings (SSSR count). The number of hydrazone groups is 1. The molecule has 2 aliphatic heterocycles. The fraction of sp³-hybridized carbons (Fsp3) is 0.0833. The van der Waals surface area contributed by atoms with Crippen molar-refractivity contribution in [2.45, 2.75) is 0 Å². The minimum atomic E-state index is -3.58. The maximum atomic E-state index is 11.3. The summed E-state index contributed by atoms with van der Waals surface area (Å²) in [6, 6.07) is 7.39. The Labute approximate surface area is 110 Å². The number of hydrogen-bond acceptors (Lipinski definition) is 6. The number of benzene rings is 1. The highest BCUT2D eigenvalue weighted by Crippen LogP contribution is 2.11. The molecule has 2 heterocycles. The second kappa shape index (κ2) is 4.13. The minimum absolute atomic E-state index is 0.287. The monoisotopic (exact) mass is 277 g/mol. The van der Waals surface area contributed by atoms with Crippen molar-refractivity contribution in [2.75, 3.05) is 6.26 Å². The van der Waals surface area contributed by atoms with Crippen LogP contribution >= 0.6 is 0 Å².